The topological polar surface area (TPSA) is 0 Å². The van der Waals surface area contributed by atoms with Gasteiger partial charge in [0, 0.05) is 0 Å². The maximum atomic E-state index is 2.27. The van der Waals surface area contributed by atoms with Crippen LogP contribution in [-0.2, 0) is 32.0 Å². The van der Waals surface area contributed by atoms with Crippen LogP contribution in [0.1, 0.15) is 25.0 Å². The molecule has 132 valence electrons. The van der Waals surface area contributed by atoms with E-state index in [1.54, 1.807) is 0 Å². The van der Waals surface area contributed by atoms with Crippen molar-refractivity contribution in [1.82, 2.24) is 0 Å². The molecular weight excluding hydrogens is 364 g/mol. The van der Waals surface area contributed by atoms with Crippen LogP contribution in [0.25, 0.3) is 21.5 Å². The van der Waals surface area contributed by atoms with Gasteiger partial charge in [0.2, 0.25) is 0 Å². The first-order valence-corrected chi connectivity index (χ1v) is 14.2. The van der Waals surface area contributed by atoms with Gasteiger partial charge in [-0.1, -0.05) is 26.0 Å². The van der Waals surface area contributed by atoms with Gasteiger partial charge < -0.3 is 0 Å². The van der Waals surface area contributed by atoms with Gasteiger partial charge in [-0.05, 0) is 12.8 Å². The molecule has 0 radical (unpaired) electrons. The third-order valence-corrected chi connectivity index (χ3v) is 4.17. The van der Waals surface area contributed by atoms with Crippen molar-refractivity contribution >= 4 is 27.7 Å². The summed E-state index contributed by atoms with van der Waals surface area (Å²) in [7, 11) is 0. The predicted molar refractivity (Wildman–Crippen MR) is 115 cm³/mol. The number of rotatable bonds is 2. The number of hydrogen-bond donors (Lipinski definition) is 0. The van der Waals surface area contributed by atoms with Crippen LogP contribution in [0.3, 0.4) is 0 Å². The minimum atomic E-state index is 0.120. The van der Waals surface area contributed by atoms with E-state index in [1.165, 1.54) is 32.7 Å². The fraction of sp³-hybridized carbons (Fsp3) is 0.250. The van der Waals surface area contributed by atoms with Crippen molar-refractivity contribution in [3.63, 3.8) is 0 Å². The van der Waals surface area contributed by atoms with Crippen molar-refractivity contribution in [2.75, 3.05) is 0 Å². The molecule has 0 amide bonds. The molecule has 0 saturated carbocycles. The Hall–Kier alpha value is -1.41. The number of benzene rings is 2. The first kappa shape index (κ1) is 20.9. The average Bonchev–Trinajstić information content (AvgIpc) is 3.24. The molecule has 0 bridgehead atoms. The second-order valence-corrected chi connectivity index (χ2v) is 13.4. The summed E-state index contributed by atoms with van der Waals surface area (Å²) < 4.78 is 0. The van der Waals surface area contributed by atoms with Crippen molar-refractivity contribution in [2.45, 2.75) is 39.8 Å². The molecule has 0 N–H and O–H groups in total. The Morgan fingerprint density at radius 1 is 0.731 bits per heavy atom. The zero-order valence-electron chi connectivity index (χ0n) is 16.3. The second-order valence-electron chi connectivity index (χ2n) is 6.69. The van der Waals surface area contributed by atoms with Gasteiger partial charge in [-0.15, -0.1) is 81.2 Å². The van der Waals surface area contributed by atoms with Crippen LogP contribution in [-0.4, -0.2) is 6.19 Å². The SMILES string of the molecule is CCc1cc2ccccc2[cH-]1.CCc1cc2ccccc2[cH-]1.C[Si](C)=[Ti+2]. The van der Waals surface area contributed by atoms with Crippen molar-refractivity contribution in [1.29, 1.82) is 0 Å². The fourth-order valence-corrected chi connectivity index (χ4v) is 2.84. The normalized spacial score (nSPS) is 10.1. The Morgan fingerprint density at radius 3 is 1.38 bits per heavy atom. The molecule has 0 spiro atoms. The molecule has 26 heavy (non-hydrogen) atoms. The first-order valence-electron chi connectivity index (χ1n) is 9.34. The summed E-state index contributed by atoms with van der Waals surface area (Å²) in [6.45, 7) is 8.91. The molecule has 0 aromatic heterocycles. The van der Waals surface area contributed by atoms with E-state index < -0.39 is 0 Å². The molecule has 0 unspecified atom stereocenters. The standard InChI is InChI=1S/2C11H11.C2H6Si.Ti/c2*1-2-9-7-10-5-3-4-6-11(10)8-9;1-3-2;/h2*3-8H,2H2,1H3;1-2H3;/q2*-1;;+2. The van der Waals surface area contributed by atoms with Crippen LogP contribution in [0.2, 0.25) is 13.1 Å². The van der Waals surface area contributed by atoms with Crippen molar-refractivity contribution in [3.8, 4) is 0 Å². The second kappa shape index (κ2) is 10.7. The van der Waals surface area contributed by atoms with Crippen molar-refractivity contribution in [2.24, 2.45) is 0 Å². The first-order chi connectivity index (χ1) is 12.5. The average molecular weight is 392 g/mol. The van der Waals surface area contributed by atoms with Gasteiger partial charge >= 0.3 is 38.5 Å². The fourth-order valence-electron chi connectivity index (χ4n) is 2.84. The van der Waals surface area contributed by atoms with E-state index in [0.717, 1.165) is 12.8 Å². The Morgan fingerprint density at radius 2 is 1.08 bits per heavy atom. The molecule has 4 rings (SSSR count). The Bertz CT molecular complexity index is 814. The van der Waals surface area contributed by atoms with Crippen molar-refractivity contribution < 1.29 is 19.2 Å². The van der Waals surface area contributed by atoms with Crippen LogP contribution in [0.4, 0.5) is 0 Å². The molecule has 2 heteroatoms. The van der Waals surface area contributed by atoms with Crippen LogP contribution in [0, 0.1) is 0 Å². The summed E-state index contributed by atoms with van der Waals surface area (Å²) >= 11 is 2.27. The quantitative estimate of drug-likeness (QED) is 0.254. The Balaban J connectivity index is 0.000000156. The molecule has 0 fully saturated rings. The zero-order valence-corrected chi connectivity index (χ0v) is 18.9. The molecule has 0 aliphatic rings. The number of fused-ring (bicyclic) bond motifs is 2. The summed E-state index contributed by atoms with van der Waals surface area (Å²) in [6, 6.07) is 26.0. The van der Waals surface area contributed by atoms with Gasteiger partial charge in [0.15, 0.2) is 0 Å². The third kappa shape index (κ3) is 6.39. The summed E-state index contributed by atoms with van der Waals surface area (Å²) in [5.74, 6) is 0. The van der Waals surface area contributed by atoms with Crippen LogP contribution < -0.4 is 0 Å². The molecule has 0 saturated heterocycles. The number of aryl methyl sites for hydroxylation is 2. The Labute approximate surface area is 170 Å². The summed E-state index contributed by atoms with van der Waals surface area (Å²) in [5, 5.41) is 5.46. The summed E-state index contributed by atoms with van der Waals surface area (Å²) in [4.78, 5) is 0. The number of hydrogen-bond acceptors (Lipinski definition) is 0. The van der Waals surface area contributed by atoms with Gasteiger partial charge in [-0.25, -0.2) is 0 Å². The summed E-state index contributed by atoms with van der Waals surface area (Å²) in [6.07, 6.45) is 2.39. The van der Waals surface area contributed by atoms with Crippen molar-refractivity contribution in [3.05, 3.63) is 83.9 Å². The van der Waals surface area contributed by atoms with E-state index >= 15 is 0 Å². The van der Waals surface area contributed by atoms with E-state index in [4.69, 9.17) is 0 Å². The molecular formula is C24H28SiTi. The van der Waals surface area contributed by atoms with E-state index in [9.17, 15) is 0 Å². The molecule has 0 aliphatic heterocycles. The third-order valence-electron chi connectivity index (χ3n) is 4.17. The van der Waals surface area contributed by atoms with Crippen LogP contribution >= 0.6 is 0 Å². The van der Waals surface area contributed by atoms with E-state index in [0.29, 0.717) is 0 Å². The van der Waals surface area contributed by atoms with E-state index in [-0.39, 0.29) is 6.19 Å². The Kier molecular flexibility index (Phi) is 8.58. The van der Waals surface area contributed by atoms with Gasteiger partial charge in [-0.3, -0.25) is 0 Å². The van der Waals surface area contributed by atoms with E-state index in [1.807, 2.05) is 0 Å². The van der Waals surface area contributed by atoms with Crippen LogP contribution in [0.15, 0.2) is 72.8 Å². The van der Waals surface area contributed by atoms with Gasteiger partial charge in [0.1, 0.15) is 0 Å². The monoisotopic (exact) mass is 392 g/mol. The molecule has 0 aliphatic carbocycles. The van der Waals surface area contributed by atoms with E-state index in [2.05, 4.69) is 119 Å². The van der Waals surface area contributed by atoms with Gasteiger partial charge in [0.05, 0.1) is 0 Å². The molecule has 4 aromatic carbocycles. The molecule has 0 nitrogen and oxygen atoms in total. The van der Waals surface area contributed by atoms with Gasteiger partial charge in [-0.2, -0.15) is 12.1 Å². The van der Waals surface area contributed by atoms with Gasteiger partial charge in [0.25, 0.3) is 0 Å². The molecule has 4 aromatic rings. The maximum absolute atomic E-state index is 2.27. The van der Waals surface area contributed by atoms with Crippen LogP contribution in [0.5, 0.6) is 0 Å². The summed E-state index contributed by atoms with van der Waals surface area (Å²) in [5.41, 5.74) is 2.87. The molecule has 0 atom stereocenters. The predicted octanol–water partition coefficient (Wildman–Crippen LogP) is 7.03. The molecule has 0 heterocycles. The zero-order chi connectivity index (χ0) is 18.9. The minimum absolute atomic E-state index is 0.120.